The summed E-state index contributed by atoms with van der Waals surface area (Å²) < 4.78 is 1.46. The number of hydrogen-bond acceptors (Lipinski definition) is 0. The molecule has 0 spiro atoms. The first-order chi connectivity index (χ1) is 28.4. The Bertz CT molecular complexity index is 1340. The number of hydrogen-bond donors (Lipinski definition) is 0. The van der Waals surface area contributed by atoms with E-state index in [2.05, 4.69) is 90.9 Å². The molecule has 0 saturated carbocycles. The number of allylic oxidation sites excluding steroid dienone is 2. The largest absolute Gasteiger partial charge is 0.493 e. The van der Waals surface area contributed by atoms with Crippen molar-refractivity contribution in [3.05, 3.63) is 87.0 Å². The van der Waals surface area contributed by atoms with Crippen LogP contribution in [0.1, 0.15) is 249 Å². The standard InChI is InChI=1S/C33H46N2.2C11H23.Ni/c1-6-10-14-26-19-27(15-11-7-2)22-30(21-26)32-18-25(5)33(35(32)34)31-23-28(16-12-8-3)20-29(24-31)17-13-9-4;2*1-3-5-7-9-11-10-8-6-4-2;/h18-24H,6-17H2,1-5H3;2*1,3-11H2,2H3;. The van der Waals surface area contributed by atoms with Gasteiger partial charge in [-0.05, 0) is 105 Å². The topological polar surface area (TPSA) is 25.3 Å². The Balaban J connectivity index is 0.000000440. The zero-order chi connectivity index (χ0) is 42.1. The van der Waals surface area contributed by atoms with Gasteiger partial charge in [-0.25, -0.2) is 4.70 Å². The van der Waals surface area contributed by atoms with E-state index in [-0.39, 0.29) is 0 Å². The second-order valence-corrected chi connectivity index (χ2v) is 19.0. The molecule has 332 valence electrons. The van der Waals surface area contributed by atoms with Crippen molar-refractivity contribution in [3.8, 4) is 0 Å². The quantitative estimate of drug-likeness (QED) is 0.0381. The van der Waals surface area contributed by atoms with Gasteiger partial charge in [0.15, 0.2) is 0 Å². The van der Waals surface area contributed by atoms with Crippen LogP contribution in [0.2, 0.25) is 10.8 Å². The minimum absolute atomic E-state index is 0.905. The van der Waals surface area contributed by atoms with Crippen LogP contribution in [0.25, 0.3) is 16.9 Å². The van der Waals surface area contributed by atoms with Crippen LogP contribution >= 0.6 is 0 Å². The van der Waals surface area contributed by atoms with E-state index in [0.717, 1.165) is 53.8 Å². The molecular formula is C55H92N2Ni. The smallest absolute Gasteiger partial charge is 0.210 e. The van der Waals surface area contributed by atoms with Crippen molar-refractivity contribution < 1.29 is 19.1 Å². The van der Waals surface area contributed by atoms with Gasteiger partial charge >= 0.3 is 155 Å². The minimum Gasteiger partial charge on any atom is -0.493 e. The van der Waals surface area contributed by atoms with Crippen molar-refractivity contribution in [1.82, 2.24) is 0 Å². The fraction of sp³-hybridized carbons (Fsp3) is 0.709. The molecule has 0 atom stereocenters. The van der Waals surface area contributed by atoms with Crippen LogP contribution in [0.15, 0.2) is 48.0 Å². The Labute approximate surface area is 367 Å². The summed E-state index contributed by atoms with van der Waals surface area (Å²) in [7, 11) is 0. The summed E-state index contributed by atoms with van der Waals surface area (Å²) in [6.45, 7) is 15.7. The third kappa shape index (κ3) is 22.6. The van der Waals surface area contributed by atoms with Gasteiger partial charge in [0.25, 0.3) is 0 Å². The molecule has 1 aliphatic rings. The Morgan fingerprint density at radius 1 is 0.397 bits per heavy atom. The molecule has 3 rings (SSSR count). The molecule has 2 aromatic rings. The monoisotopic (exact) mass is 839 g/mol. The Morgan fingerprint density at radius 2 is 0.707 bits per heavy atom. The molecule has 1 aliphatic heterocycles. The summed E-state index contributed by atoms with van der Waals surface area (Å²) >= 11 is 2.03. The van der Waals surface area contributed by atoms with Crippen molar-refractivity contribution in [2.75, 3.05) is 0 Å². The van der Waals surface area contributed by atoms with E-state index in [1.54, 1.807) is 0 Å². The number of aryl methyl sites for hydroxylation is 4. The molecule has 3 heteroatoms. The molecule has 0 radical (unpaired) electrons. The number of rotatable bonds is 34. The van der Waals surface area contributed by atoms with E-state index in [0.29, 0.717) is 0 Å². The second kappa shape index (κ2) is 34.7. The third-order valence-corrected chi connectivity index (χ3v) is 13.2. The summed E-state index contributed by atoms with van der Waals surface area (Å²) in [6, 6.07) is 13.9. The fourth-order valence-electron chi connectivity index (χ4n) is 8.11. The van der Waals surface area contributed by atoms with Gasteiger partial charge in [-0.1, -0.05) is 65.5 Å². The van der Waals surface area contributed by atoms with E-state index in [1.807, 2.05) is 14.4 Å². The normalized spacial score (nSPS) is 12.7. The van der Waals surface area contributed by atoms with Gasteiger partial charge < -0.3 is 5.53 Å². The minimum atomic E-state index is 0.905. The van der Waals surface area contributed by atoms with Crippen LogP contribution in [0.4, 0.5) is 0 Å². The molecule has 58 heavy (non-hydrogen) atoms. The Morgan fingerprint density at radius 3 is 1.05 bits per heavy atom. The molecule has 0 aromatic heterocycles. The van der Waals surface area contributed by atoms with E-state index in [9.17, 15) is 5.53 Å². The second-order valence-electron chi connectivity index (χ2n) is 17.5. The van der Waals surface area contributed by atoms with Gasteiger partial charge in [0.2, 0.25) is 11.4 Å². The van der Waals surface area contributed by atoms with Crippen molar-refractivity contribution in [2.45, 2.75) is 252 Å². The Kier molecular flexibility index (Phi) is 31.2. The predicted octanol–water partition coefficient (Wildman–Crippen LogP) is 18.8. The van der Waals surface area contributed by atoms with E-state index in [4.69, 9.17) is 0 Å². The summed E-state index contributed by atoms with van der Waals surface area (Å²) in [5.41, 5.74) is 22.3. The molecular weight excluding hydrogens is 747 g/mol. The third-order valence-electron chi connectivity index (χ3n) is 11.8. The number of nitrogens with zero attached hydrogens (tertiary/aromatic N) is 2. The van der Waals surface area contributed by atoms with Gasteiger partial charge in [0.1, 0.15) is 0 Å². The summed E-state index contributed by atoms with van der Waals surface area (Å²) in [6.07, 6.45) is 42.4. The first-order valence-electron chi connectivity index (χ1n) is 25.0. The molecule has 0 amide bonds. The van der Waals surface area contributed by atoms with Gasteiger partial charge in [0.05, 0.1) is 0 Å². The summed E-state index contributed by atoms with van der Waals surface area (Å²) in [5.74, 6) is 0. The van der Waals surface area contributed by atoms with Crippen LogP contribution in [0.5, 0.6) is 0 Å². The number of unbranched alkanes of at least 4 members (excludes halogenated alkanes) is 20. The van der Waals surface area contributed by atoms with Crippen molar-refractivity contribution in [3.63, 3.8) is 0 Å². The fourth-order valence-corrected chi connectivity index (χ4v) is 9.34. The molecule has 0 fully saturated rings. The molecule has 0 unspecified atom stereocenters. The van der Waals surface area contributed by atoms with Gasteiger partial charge in [0, 0.05) is 22.8 Å². The predicted molar refractivity (Wildman–Crippen MR) is 256 cm³/mol. The maximum Gasteiger partial charge on any atom is 0.210 e. The molecule has 0 bridgehead atoms. The van der Waals surface area contributed by atoms with Crippen LogP contribution in [-0.2, 0) is 40.1 Å². The van der Waals surface area contributed by atoms with E-state index < -0.39 is 0 Å². The molecule has 0 saturated heterocycles. The first kappa shape index (κ1) is 52.2. The SMILES string of the molecule is CCCCCCCCCC[CH2][Ni][CH2]CCCCCCCCCC.CCCCc1cc(CCCC)cc(C2=CC(C)=C(c3cc(CCCC)cc(CCCC)c3)[N+]2=[N-])c1. The van der Waals surface area contributed by atoms with E-state index >= 15 is 0 Å². The van der Waals surface area contributed by atoms with Gasteiger partial charge in [-0.15, -0.1) is 0 Å². The first-order valence-corrected chi connectivity index (χ1v) is 26.4. The van der Waals surface area contributed by atoms with Crippen molar-refractivity contribution in [1.29, 1.82) is 0 Å². The molecule has 0 N–H and O–H groups in total. The van der Waals surface area contributed by atoms with Crippen LogP contribution < -0.4 is 0 Å². The zero-order valence-electron chi connectivity index (χ0n) is 39.4. The molecule has 1 heterocycles. The van der Waals surface area contributed by atoms with Gasteiger partial charge in [-0.3, -0.25) is 0 Å². The van der Waals surface area contributed by atoms with Crippen molar-refractivity contribution in [2.24, 2.45) is 0 Å². The average Bonchev–Trinajstić information content (AvgIpc) is 3.54. The molecule has 2 aromatic carbocycles. The maximum absolute atomic E-state index is 11.5. The van der Waals surface area contributed by atoms with Crippen LogP contribution in [0.3, 0.4) is 0 Å². The van der Waals surface area contributed by atoms with Crippen LogP contribution in [0, 0.1) is 0 Å². The summed E-state index contributed by atoms with van der Waals surface area (Å²) in [4.78, 5) is 0. The maximum atomic E-state index is 11.5. The van der Waals surface area contributed by atoms with E-state index in [1.165, 1.54) is 205 Å². The van der Waals surface area contributed by atoms with Crippen molar-refractivity contribution >= 4 is 11.4 Å². The zero-order valence-corrected chi connectivity index (χ0v) is 40.4. The van der Waals surface area contributed by atoms with Gasteiger partial charge in [-0.2, -0.15) is 0 Å². The number of benzene rings is 2. The molecule has 2 nitrogen and oxygen atoms in total. The Hall–Kier alpha value is -1.99. The molecule has 0 aliphatic carbocycles. The van der Waals surface area contributed by atoms with Crippen LogP contribution in [-0.4, -0.2) is 4.70 Å². The average molecular weight is 840 g/mol. The summed E-state index contributed by atoms with van der Waals surface area (Å²) in [5, 5.41) is 2.86.